The van der Waals surface area contributed by atoms with E-state index in [4.69, 9.17) is 11.6 Å². The molecule has 1 amide bonds. The Bertz CT molecular complexity index is 1100. The molecule has 2 heterocycles. The van der Waals surface area contributed by atoms with Gasteiger partial charge in [-0.1, -0.05) is 52.6 Å². The zero-order chi connectivity index (χ0) is 19.8. The first kappa shape index (κ1) is 18.2. The summed E-state index contributed by atoms with van der Waals surface area (Å²) in [7, 11) is 0. The van der Waals surface area contributed by atoms with E-state index >= 15 is 0 Å². The predicted octanol–water partition coefficient (Wildman–Crippen LogP) is 3.87. The number of nitrogens with one attached hydrogen (secondary N) is 2. The molecule has 0 radical (unpaired) electrons. The molecule has 1 aliphatic heterocycles. The fourth-order valence-electron chi connectivity index (χ4n) is 3.43. The topological polar surface area (TPSA) is 84.7 Å². The Morgan fingerprint density at radius 3 is 2.71 bits per heavy atom. The van der Waals surface area contributed by atoms with Gasteiger partial charge in [0.05, 0.1) is 5.57 Å². The Morgan fingerprint density at radius 2 is 1.96 bits per heavy atom. The molecular weight excluding hydrogens is 376 g/mol. The monoisotopic (exact) mass is 394 g/mol. The van der Waals surface area contributed by atoms with Crippen LogP contribution in [0, 0.1) is 13.8 Å². The molecule has 28 heavy (non-hydrogen) atoms. The highest BCUT2D eigenvalue weighted by molar-refractivity contribution is 6.31. The molecule has 0 saturated heterocycles. The third kappa shape index (κ3) is 3.14. The SMILES string of the molecule is CC1=C(C(=O)Nc2ccc(C)cc2C)[C@@H](c2ccccc2Cl)n2nnnc2N1. The minimum atomic E-state index is -0.536. The van der Waals surface area contributed by atoms with E-state index in [1.54, 1.807) is 10.7 Å². The third-order valence-corrected chi connectivity index (χ3v) is 5.13. The second-order valence-electron chi connectivity index (χ2n) is 6.81. The number of aromatic nitrogens is 4. The van der Waals surface area contributed by atoms with E-state index in [1.807, 2.05) is 57.2 Å². The number of carbonyl (C=O) groups is 1. The Kier molecular flexibility index (Phi) is 4.60. The second kappa shape index (κ2) is 7.09. The lowest BCUT2D eigenvalue weighted by Gasteiger charge is -2.28. The van der Waals surface area contributed by atoms with Gasteiger partial charge in [0.1, 0.15) is 6.04 Å². The fourth-order valence-corrected chi connectivity index (χ4v) is 3.67. The van der Waals surface area contributed by atoms with Gasteiger partial charge in [-0.2, -0.15) is 4.68 Å². The van der Waals surface area contributed by atoms with Gasteiger partial charge in [-0.25, -0.2) is 0 Å². The Balaban J connectivity index is 1.79. The molecule has 0 aliphatic carbocycles. The quantitative estimate of drug-likeness (QED) is 0.704. The van der Waals surface area contributed by atoms with Crippen LogP contribution >= 0.6 is 11.6 Å². The lowest BCUT2D eigenvalue weighted by molar-refractivity contribution is -0.113. The van der Waals surface area contributed by atoms with Crippen LogP contribution in [0.2, 0.25) is 5.02 Å². The lowest BCUT2D eigenvalue weighted by atomic mass is 9.95. The number of rotatable bonds is 3. The molecule has 1 atom stereocenters. The van der Waals surface area contributed by atoms with Gasteiger partial charge in [0.25, 0.3) is 5.91 Å². The summed E-state index contributed by atoms with van der Waals surface area (Å²) in [4.78, 5) is 13.3. The molecule has 0 unspecified atom stereocenters. The fraction of sp³-hybridized carbons (Fsp3) is 0.200. The van der Waals surface area contributed by atoms with Crippen LogP contribution in [0.1, 0.15) is 29.7 Å². The van der Waals surface area contributed by atoms with Crippen LogP contribution in [0.15, 0.2) is 53.7 Å². The van der Waals surface area contributed by atoms with Crippen molar-refractivity contribution >= 4 is 29.1 Å². The van der Waals surface area contributed by atoms with Crippen molar-refractivity contribution in [3.63, 3.8) is 0 Å². The van der Waals surface area contributed by atoms with E-state index in [0.717, 1.165) is 22.4 Å². The summed E-state index contributed by atoms with van der Waals surface area (Å²) in [6.07, 6.45) is 0. The highest BCUT2D eigenvalue weighted by atomic mass is 35.5. The average Bonchev–Trinajstić information content (AvgIpc) is 3.11. The van der Waals surface area contributed by atoms with E-state index in [9.17, 15) is 4.79 Å². The van der Waals surface area contributed by atoms with Gasteiger partial charge in [-0.3, -0.25) is 4.79 Å². The maximum Gasteiger partial charge on any atom is 0.255 e. The third-order valence-electron chi connectivity index (χ3n) is 4.79. The molecule has 8 heteroatoms. The maximum absolute atomic E-state index is 13.3. The number of amides is 1. The molecule has 0 bridgehead atoms. The van der Waals surface area contributed by atoms with Crippen LogP contribution in [0.3, 0.4) is 0 Å². The van der Waals surface area contributed by atoms with Crippen molar-refractivity contribution in [2.24, 2.45) is 0 Å². The van der Waals surface area contributed by atoms with Gasteiger partial charge in [0.2, 0.25) is 5.95 Å². The first-order chi connectivity index (χ1) is 13.5. The van der Waals surface area contributed by atoms with Gasteiger partial charge in [-0.05, 0) is 48.9 Å². The van der Waals surface area contributed by atoms with Crippen LogP contribution in [0.25, 0.3) is 0 Å². The van der Waals surface area contributed by atoms with E-state index in [1.165, 1.54) is 0 Å². The Hall–Kier alpha value is -3.19. The summed E-state index contributed by atoms with van der Waals surface area (Å²) < 4.78 is 1.57. The minimum absolute atomic E-state index is 0.233. The zero-order valence-electron chi connectivity index (χ0n) is 15.7. The summed E-state index contributed by atoms with van der Waals surface area (Å²) in [5, 5.41) is 18.5. The standard InChI is InChI=1S/C20H19ClN6O/c1-11-8-9-16(12(2)10-11)23-19(28)17-13(3)22-20-24-25-26-27(20)18(17)14-6-4-5-7-15(14)21/h4-10,18H,1-3H3,(H,23,28)(H,22,24,26)/t18-/m1/s1. The number of anilines is 2. The minimum Gasteiger partial charge on any atom is -0.326 e. The zero-order valence-corrected chi connectivity index (χ0v) is 16.4. The van der Waals surface area contributed by atoms with Gasteiger partial charge in [0, 0.05) is 22.0 Å². The first-order valence-electron chi connectivity index (χ1n) is 8.84. The van der Waals surface area contributed by atoms with Crippen molar-refractivity contribution in [2.45, 2.75) is 26.8 Å². The number of fused-ring (bicyclic) bond motifs is 1. The van der Waals surface area contributed by atoms with Crippen molar-refractivity contribution in [2.75, 3.05) is 10.6 Å². The Labute approximate surface area is 167 Å². The molecule has 2 N–H and O–H groups in total. The Morgan fingerprint density at radius 1 is 1.18 bits per heavy atom. The number of tetrazole rings is 1. The van der Waals surface area contributed by atoms with Crippen LogP contribution < -0.4 is 10.6 Å². The number of nitrogens with zero attached hydrogens (tertiary/aromatic N) is 4. The summed E-state index contributed by atoms with van der Waals surface area (Å²) in [6.45, 7) is 5.82. The number of hydrogen-bond donors (Lipinski definition) is 2. The predicted molar refractivity (Wildman–Crippen MR) is 108 cm³/mol. The number of benzene rings is 2. The van der Waals surface area contributed by atoms with E-state index < -0.39 is 6.04 Å². The maximum atomic E-state index is 13.3. The largest absolute Gasteiger partial charge is 0.326 e. The number of carbonyl (C=O) groups excluding carboxylic acids is 1. The van der Waals surface area contributed by atoms with Gasteiger partial charge in [0.15, 0.2) is 0 Å². The number of hydrogen-bond acceptors (Lipinski definition) is 5. The normalized spacial score (nSPS) is 15.8. The van der Waals surface area contributed by atoms with Crippen molar-refractivity contribution in [1.82, 2.24) is 20.2 Å². The van der Waals surface area contributed by atoms with Gasteiger partial charge >= 0.3 is 0 Å². The second-order valence-corrected chi connectivity index (χ2v) is 7.21. The van der Waals surface area contributed by atoms with Crippen molar-refractivity contribution in [1.29, 1.82) is 0 Å². The molecule has 4 rings (SSSR count). The molecule has 3 aromatic rings. The van der Waals surface area contributed by atoms with E-state index in [0.29, 0.717) is 22.2 Å². The van der Waals surface area contributed by atoms with Crippen LogP contribution in [0.4, 0.5) is 11.6 Å². The number of aryl methyl sites for hydroxylation is 2. The van der Waals surface area contributed by atoms with Crippen LogP contribution in [-0.4, -0.2) is 26.1 Å². The number of halogens is 1. The summed E-state index contributed by atoms with van der Waals surface area (Å²) in [6, 6.07) is 12.8. The summed E-state index contributed by atoms with van der Waals surface area (Å²) in [5.74, 6) is 0.230. The average molecular weight is 395 g/mol. The summed E-state index contributed by atoms with van der Waals surface area (Å²) in [5.41, 5.74) is 4.83. The van der Waals surface area contributed by atoms with Crippen molar-refractivity contribution in [3.05, 3.63) is 75.4 Å². The molecular formula is C20H19ClN6O. The molecule has 1 aromatic heterocycles. The van der Waals surface area contributed by atoms with Crippen molar-refractivity contribution in [3.8, 4) is 0 Å². The highest BCUT2D eigenvalue weighted by Crippen LogP contribution is 2.37. The van der Waals surface area contributed by atoms with Crippen LogP contribution in [0.5, 0.6) is 0 Å². The molecule has 1 aliphatic rings. The number of allylic oxidation sites excluding steroid dienone is 1. The van der Waals surface area contributed by atoms with E-state index in [-0.39, 0.29) is 5.91 Å². The molecule has 2 aromatic carbocycles. The van der Waals surface area contributed by atoms with Crippen LogP contribution in [-0.2, 0) is 4.79 Å². The van der Waals surface area contributed by atoms with Crippen molar-refractivity contribution < 1.29 is 4.79 Å². The molecule has 0 spiro atoms. The van der Waals surface area contributed by atoms with Gasteiger partial charge < -0.3 is 10.6 Å². The molecule has 142 valence electrons. The molecule has 7 nitrogen and oxygen atoms in total. The smallest absolute Gasteiger partial charge is 0.255 e. The lowest BCUT2D eigenvalue weighted by Crippen LogP contribution is -2.31. The highest BCUT2D eigenvalue weighted by Gasteiger charge is 2.35. The summed E-state index contributed by atoms with van der Waals surface area (Å²) >= 11 is 6.45. The van der Waals surface area contributed by atoms with E-state index in [2.05, 4.69) is 26.2 Å². The molecule has 0 fully saturated rings. The van der Waals surface area contributed by atoms with Gasteiger partial charge in [-0.15, -0.1) is 0 Å². The molecule has 0 saturated carbocycles. The first-order valence-corrected chi connectivity index (χ1v) is 9.22.